The molecule has 1 unspecified atom stereocenters. The summed E-state index contributed by atoms with van der Waals surface area (Å²) in [6.07, 6.45) is 16.6. The fourth-order valence-electron chi connectivity index (χ4n) is 2.82. The van der Waals surface area contributed by atoms with Crippen molar-refractivity contribution in [1.29, 1.82) is 0 Å². The molecule has 1 amide bonds. The zero-order valence-electron chi connectivity index (χ0n) is 15.9. The van der Waals surface area contributed by atoms with Crippen LogP contribution in [0, 0.1) is 0 Å². The van der Waals surface area contributed by atoms with E-state index in [0.29, 0.717) is 6.42 Å². The Labute approximate surface area is 157 Å². The molecule has 3 nitrogen and oxygen atoms in total. The SMILES string of the molecule is CCCCCCCCCCCC[SH](C)CC[C@@H](NC(C)=O)C(=O)Cl. The number of carbonyl (C=O) groups excluding carboxylic acids is 2. The first-order valence-corrected chi connectivity index (χ1v) is 12.2. The van der Waals surface area contributed by atoms with Crippen LogP contribution in [-0.2, 0) is 9.59 Å². The quantitative estimate of drug-likeness (QED) is 0.220. The number of hydrogen-bond donors (Lipinski definition) is 2. The van der Waals surface area contributed by atoms with Gasteiger partial charge in [-0.3, -0.25) is 20.5 Å². The molecule has 2 atom stereocenters. The van der Waals surface area contributed by atoms with Gasteiger partial charge in [0.25, 0.3) is 0 Å². The van der Waals surface area contributed by atoms with Crippen LogP contribution in [0.15, 0.2) is 0 Å². The highest BCUT2D eigenvalue weighted by molar-refractivity contribution is 8.16. The third-order valence-electron chi connectivity index (χ3n) is 4.34. The summed E-state index contributed by atoms with van der Waals surface area (Å²) in [6, 6.07) is -0.512. The maximum absolute atomic E-state index is 11.3. The van der Waals surface area contributed by atoms with E-state index in [1.807, 2.05) is 0 Å². The lowest BCUT2D eigenvalue weighted by Crippen LogP contribution is -2.38. The normalized spacial score (nSPS) is 14.2. The molecule has 0 fully saturated rings. The van der Waals surface area contributed by atoms with Crippen LogP contribution in [0.4, 0.5) is 0 Å². The second kappa shape index (κ2) is 16.3. The monoisotopic (exact) mass is 379 g/mol. The first kappa shape index (κ1) is 23.8. The third kappa shape index (κ3) is 15.3. The van der Waals surface area contributed by atoms with Crippen LogP contribution in [0.2, 0.25) is 0 Å². The van der Waals surface area contributed by atoms with Crippen molar-refractivity contribution in [1.82, 2.24) is 5.32 Å². The van der Waals surface area contributed by atoms with Gasteiger partial charge in [0.15, 0.2) is 0 Å². The molecule has 0 aromatic rings. The number of carbonyl (C=O) groups is 2. The maximum Gasteiger partial charge on any atom is 0.244 e. The van der Waals surface area contributed by atoms with E-state index >= 15 is 0 Å². The zero-order valence-corrected chi connectivity index (χ0v) is 17.6. The van der Waals surface area contributed by atoms with E-state index in [2.05, 4.69) is 18.5 Å². The van der Waals surface area contributed by atoms with Gasteiger partial charge in [-0.25, -0.2) is 0 Å². The molecule has 0 aromatic carbocycles. The summed E-state index contributed by atoms with van der Waals surface area (Å²) in [7, 11) is -0.0595. The Bertz CT molecular complexity index is 339. The van der Waals surface area contributed by atoms with Gasteiger partial charge < -0.3 is 5.32 Å². The lowest BCUT2D eigenvalue weighted by Gasteiger charge is -2.19. The molecule has 0 aromatic heterocycles. The van der Waals surface area contributed by atoms with Gasteiger partial charge in [-0.15, -0.1) is 0 Å². The maximum atomic E-state index is 11.3. The molecule has 0 spiro atoms. The predicted molar refractivity (Wildman–Crippen MR) is 110 cm³/mol. The highest BCUT2D eigenvalue weighted by atomic mass is 35.5. The van der Waals surface area contributed by atoms with Crippen molar-refractivity contribution in [2.75, 3.05) is 17.8 Å². The smallest absolute Gasteiger partial charge is 0.244 e. The molecule has 144 valence electrons. The van der Waals surface area contributed by atoms with Crippen LogP contribution in [0.25, 0.3) is 0 Å². The van der Waals surface area contributed by atoms with E-state index in [1.54, 1.807) is 0 Å². The van der Waals surface area contributed by atoms with E-state index in [0.717, 1.165) is 5.75 Å². The molecular weight excluding hydrogens is 342 g/mol. The van der Waals surface area contributed by atoms with E-state index in [9.17, 15) is 9.59 Å². The summed E-state index contributed by atoms with van der Waals surface area (Å²) in [5, 5.41) is 2.18. The van der Waals surface area contributed by atoms with Gasteiger partial charge in [-0.05, 0) is 42.2 Å². The summed E-state index contributed by atoms with van der Waals surface area (Å²) in [5.74, 6) is 2.06. The average Bonchev–Trinajstić information content (AvgIpc) is 2.52. The van der Waals surface area contributed by atoms with Gasteiger partial charge in [0, 0.05) is 6.92 Å². The van der Waals surface area contributed by atoms with E-state index in [-0.39, 0.29) is 16.8 Å². The molecule has 0 saturated heterocycles. The summed E-state index contributed by atoms with van der Waals surface area (Å²) in [6.45, 7) is 3.68. The Morgan fingerprint density at radius 2 is 1.42 bits per heavy atom. The molecular formula is C19H38ClNO2S. The van der Waals surface area contributed by atoms with Crippen LogP contribution in [0.1, 0.15) is 84.5 Å². The van der Waals surface area contributed by atoms with Crippen molar-refractivity contribution in [2.45, 2.75) is 90.5 Å². The number of hydrogen-bond acceptors (Lipinski definition) is 2. The molecule has 0 radical (unpaired) electrons. The van der Waals surface area contributed by atoms with E-state index in [4.69, 9.17) is 11.6 Å². The van der Waals surface area contributed by atoms with Crippen LogP contribution < -0.4 is 5.32 Å². The highest BCUT2D eigenvalue weighted by Crippen LogP contribution is 2.24. The summed E-state index contributed by atoms with van der Waals surface area (Å²) in [4.78, 5) is 22.4. The first-order valence-electron chi connectivity index (χ1n) is 9.62. The van der Waals surface area contributed by atoms with Crippen molar-refractivity contribution in [3.05, 3.63) is 0 Å². The summed E-state index contributed by atoms with van der Waals surface area (Å²) >= 11 is 5.54. The highest BCUT2D eigenvalue weighted by Gasteiger charge is 2.17. The van der Waals surface area contributed by atoms with Crippen molar-refractivity contribution in [3.8, 4) is 0 Å². The average molecular weight is 380 g/mol. The van der Waals surface area contributed by atoms with Crippen molar-refractivity contribution in [3.63, 3.8) is 0 Å². The van der Waals surface area contributed by atoms with Gasteiger partial charge >= 0.3 is 0 Å². The summed E-state index contributed by atoms with van der Waals surface area (Å²) < 4.78 is 0. The minimum absolute atomic E-state index is 0.0595. The number of halogens is 1. The van der Waals surface area contributed by atoms with Gasteiger partial charge in [0.05, 0.1) is 0 Å². The second-order valence-corrected chi connectivity index (χ2v) is 9.81. The Hall–Kier alpha value is -0.220. The van der Waals surface area contributed by atoms with E-state index in [1.165, 1.54) is 76.9 Å². The Balaban J connectivity index is 3.53. The Morgan fingerprint density at radius 3 is 1.88 bits per heavy atom. The minimum atomic E-state index is -0.512. The molecule has 0 aliphatic carbocycles. The number of amides is 1. The first-order chi connectivity index (χ1) is 11.5. The number of rotatable bonds is 16. The standard InChI is InChI=1S/C19H38ClNO2S/c1-4-5-6-7-8-9-10-11-12-13-15-24(3)16-14-18(19(20)23)21-17(2)22/h18,24H,4-16H2,1-3H3,(H,21,22)/t18-/m1/s1. The topological polar surface area (TPSA) is 46.2 Å². The van der Waals surface area contributed by atoms with Crippen molar-refractivity contribution in [2.24, 2.45) is 0 Å². The third-order valence-corrected chi connectivity index (χ3v) is 6.71. The molecule has 0 rings (SSSR count). The van der Waals surface area contributed by atoms with Gasteiger partial charge in [0.1, 0.15) is 6.04 Å². The van der Waals surface area contributed by atoms with Gasteiger partial charge in [0.2, 0.25) is 11.1 Å². The Morgan fingerprint density at radius 1 is 0.917 bits per heavy atom. The lowest BCUT2D eigenvalue weighted by atomic mass is 10.1. The Kier molecular flexibility index (Phi) is 16.1. The second-order valence-electron chi connectivity index (χ2n) is 6.83. The molecule has 0 saturated carbocycles. The van der Waals surface area contributed by atoms with Crippen LogP contribution in [0.5, 0.6) is 0 Å². The van der Waals surface area contributed by atoms with Crippen LogP contribution in [0.3, 0.4) is 0 Å². The number of thiol groups is 1. The number of unbranched alkanes of at least 4 members (excludes halogenated alkanes) is 9. The number of nitrogens with one attached hydrogen (secondary N) is 1. The molecule has 1 N–H and O–H groups in total. The van der Waals surface area contributed by atoms with Crippen molar-refractivity contribution < 1.29 is 9.59 Å². The molecule has 0 aliphatic heterocycles. The van der Waals surface area contributed by atoms with Crippen molar-refractivity contribution >= 4 is 33.6 Å². The molecule has 5 heteroatoms. The summed E-state index contributed by atoms with van der Waals surface area (Å²) in [5.41, 5.74) is 0. The molecule has 0 heterocycles. The molecule has 0 aliphatic rings. The lowest BCUT2D eigenvalue weighted by molar-refractivity contribution is -0.123. The van der Waals surface area contributed by atoms with E-state index < -0.39 is 11.3 Å². The molecule has 24 heavy (non-hydrogen) atoms. The molecule has 0 bridgehead atoms. The zero-order chi connectivity index (χ0) is 18.2. The minimum Gasteiger partial charge on any atom is -0.345 e. The fraction of sp³-hybridized carbons (Fsp3) is 0.895. The largest absolute Gasteiger partial charge is 0.345 e. The fourth-order valence-corrected chi connectivity index (χ4v) is 4.67. The van der Waals surface area contributed by atoms with Crippen LogP contribution >= 0.6 is 22.5 Å². The van der Waals surface area contributed by atoms with Crippen LogP contribution in [-0.4, -0.2) is 35.0 Å². The predicted octanol–water partition coefficient (Wildman–Crippen LogP) is 5.20. The van der Waals surface area contributed by atoms with Gasteiger partial charge in [-0.1, -0.05) is 64.7 Å². The van der Waals surface area contributed by atoms with Gasteiger partial charge in [-0.2, -0.15) is 0 Å².